The number of benzene rings is 1. The topological polar surface area (TPSA) is 12.0 Å². The molecule has 0 bridgehead atoms. The van der Waals surface area contributed by atoms with Crippen LogP contribution in [0.2, 0.25) is 0 Å². The highest BCUT2D eigenvalue weighted by Gasteiger charge is 2.25. The standard InChI is InChI=1S/C12H8F5NS/c13-8-7(5-18-4-6-2-1-3-19-6)9(14)11(16)12(17)10(8)15/h1-3,18H,4-5H2. The minimum Gasteiger partial charge on any atom is -0.308 e. The third-order valence-corrected chi connectivity index (χ3v) is 3.36. The number of hydrogen-bond donors (Lipinski definition) is 1. The summed E-state index contributed by atoms with van der Waals surface area (Å²) >= 11 is 1.42. The minimum atomic E-state index is -2.14. The summed E-state index contributed by atoms with van der Waals surface area (Å²) in [6, 6.07) is 3.58. The molecule has 1 N–H and O–H groups in total. The van der Waals surface area contributed by atoms with E-state index in [0.29, 0.717) is 0 Å². The van der Waals surface area contributed by atoms with Crippen molar-refractivity contribution in [2.45, 2.75) is 13.1 Å². The molecule has 0 spiro atoms. The molecule has 1 aromatic heterocycles. The summed E-state index contributed by atoms with van der Waals surface area (Å²) < 4.78 is 65.2. The van der Waals surface area contributed by atoms with Gasteiger partial charge in [-0.05, 0) is 11.4 Å². The van der Waals surface area contributed by atoms with E-state index in [0.717, 1.165) is 4.88 Å². The highest BCUT2D eigenvalue weighted by molar-refractivity contribution is 7.09. The van der Waals surface area contributed by atoms with Crippen molar-refractivity contribution < 1.29 is 22.0 Å². The van der Waals surface area contributed by atoms with Gasteiger partial charge in [-0.1, -0.05) is 6.07 Å². The maximum Gasteiger partial charge on any atom is 0.200 e. The maximum atomic E-state index is 13.3. The smallest absolute Gasteiger partial charge is 0.200 e. The van der Waals surface area contributed by atoms with Gasteiger partial charge in [0.1, 0.15) is 0 Å². The van der Waals surface area contributed by atoms with Gasteiger partial charge in [-0.2, -0.15) is 0 Å². The van der Waals surface area contributed by atoms with E-state index in [9.17, 15) is 22.0 Å². The first-order chi connectivity index (χ1) is 9.02. The van der Waals surface area contributed by atoms with Gasteiger partial charge in [-0.25, -0.2) is 22.0 Å². The van der Waals surface area contributed by atoms with Crippen LogP contribution >= 0.6 is 11.3 Å². The van der Waals surface area contributed by atoms with Gasteiger partial charge in [0, 0.05) is 23.5 Å². The van der Waals surface area contributed by atoms with Gasteiger partial charge in [0.25, 0.3) is 0 Å². The maximum absolute atomic E-state index is 13.3. The SMILES string of the molecule is Fc1c(F)c(F)c(CNCc2cccs2)c(F)c1F. The Labute approximate surface area is 109 Å². The number of thiophene rings is 1. The van der Waals surface area contributed by atoms with Crippen LogP contribution in [0.5, 0.6) is 0 Å². The Morgan fingerprint density at radius 3 is 1.95 bits per heavy atom. The molecule has 0 unspecified atom stereocenters. The van der Waals surface area contributed by atoms with Crippen molar-refractivity contribution in [3.8, 4) is 0 Å². The lowest BCUT2D eigenvalue weighted by Gasteiger charge is -2.08. The zero-order valence-corrected chi connectivity index (χ0v) is 10.3. The molecule has 0 amide bonds. The van der Waals surface area contributed by atoms with Gasteiger partial charge in [0.2, 0.25) is 5.82 Å². The van der Waals surface area contributed by atoms with Crippen molar-refractivity contribution in [3.63, 3.8) is 0 Å². The minimum absolute atomic E-state index is 0.289. The van der Waals surface area contributed by atoms with Crippen molar-refractivity contribution in [2.75, 3.05) is 0 Å². The average Bonchev–Trinajstić information content (AvgIpc) is 2.91. The number of halogens is 5. The highest BCUT2D eigenvalue weighted by Crippen LogP contribution is 2.23. The molecule has 1 aromatic carbocycles. The molecule has 2 rings (SSSR count). The van der Waals surface area contributed by atoms with E-state index < -0.39 is 41.2 Å². The second kappa shape index (κ2) is 5.66. The Morgan fingerprint density at radius 1 is 0.842 bits per heavy atom. The van der Waals surface area contributed by atoms with E-state index >= 15 is 0 Å². The fraction of sp³-hybridized carbons (Fsp3) is 0.167. The largest absolute Gasteiger partial charge is 0.308 e. The van der Waals surface area contributed by atoms with E-state index in [1.54, 1.807) is 12.1 Å². The predicted octanol–water partition coefficient (Wildman–Crippen LogP) is 3.73. The number of hydrogen-bond acceptors (Lipinski definition) is 2. The summed E-state index contributed by atoms with van der Waals surface area (Å²) in [4.78, 5) is 0.892. The summed E-state index contributed by atoms with van der Waals surface area (Å²) in [6.07, 6.45) is 0. The molecule has 0 radical (unpaired) electrons. The molecule has 1 heterocycles. The lowest BCUT2D eigenvalue weighted by atomic mass is 10.1. The molecule has 0 saturated heterocycles. The van der Waals surface area contributed by atoms with Crippen LogP contribution in [-0.4, -0.2) is 0 Å². The normalized spacial score (nSPS) is 11.0. The zero-order valence-electron chi connectivity index (χ0n) is 9.44. The van der Waals surface area contributed by atoms with Crippen molar-refractivity contribution in [1.82, 2.24) is 5.32 Å². The third-order valence-electron chi connectivity index (χ3n) is 2.48. The van der Waals surface area contributed by atoms with Crippen LogP contribution in [0.15, 0.2) is 17.5 Å². The zero-order chi connectivity index (χ0) is 14.0. The molecule has 0 aliphatic carbocycles. The van der Waals surface area contributed by atoms with Crippen molar-refractivity contribution in [2.24, 2.45) is 0 Å². The first-order valence-electron chi connectivity index (χ1n) is 5.25. The molecule has 0 atom stereocenters. The molecule has 0 fully saturated rings. The second-order valence-corrected chi connectivity index (χ2v) is 4.76. The molecule has 102 valence electrons. The highest BCUT2D eigenvalue weighted by atomic mass is 32.1. The first kappa shape index (κ1) is 14.0. The van der Waals surface area contributed by atoms with E-state index in [4.69, 9.17) is 0 Å². The number of rotatable bonds is 4. The second-order valence-electron chi connectivity index (χ2n) is 3.73. The molecule has 2 aromatic rings. The fourth-order valence-electron chi connectivity index (χ4n) is 1.53. The molecular formula is C12H8F5NS. The van der Waals surface area contributed by atoms with Gasteiger partial charge < -0.3 is 5.32 Å². The molecule has 19 heavy (non-hydrogen) atoms. The first-order valence-corrected chi connectivity index (χ1v) is 6.13. The molecular weight excluding hydrogens is 285 g/mol. The van der Waals surface area contributed by atoms with Gasteiger partial charge in [0.15, 0.2) is 23.3 Å². The van der Waals surface area contributed by atoms with Crippen LogP contribution in [0.25, 0.3) is 0 Å². The number of nitrogens with one attached hydrogen (secondary N) is 1. The lowest BCUT2D eigenvalue weighted by molar-refractivity contribution is 0.367. The van der Waals surface area contributed by atoms with Crippen molar-refractivity contribution in [3.05, 3.63) is 57.0 Å². The van der Waals surface area contributed by atoms with Crippen LogP contribution < -0.4 is 5.32 Å². The predicted molar refractivity (Wildman–Crippen MR) is 61.1 cm³/mol. The molecule has 0 saturated carbocycles. The Balaban J connectivity index is 2.16. The van der Waals surface area contributed by atoms with E-state index in [2.05, 4.69) is 5.32 Å². The summed E-state index contributed by atoms with van der Waals surface area (Å²) in [5, 5.41) is 4.45. The van der Waals surface area contributed by atoms with Crippen LogP contribution in [0.4, 0.5) is 22.0 Å². The van der Waals surface area contributed by atoms with Gasteiger partial charge in [0.05, 0.1) is 0 Å². The van der Waals surface area contributed by atoms with Crippen LogP contribution in [-0.2, 0) is 13.1 Å². The molecule has 0 aliphatic heterocycles. The Kier molecular flexibility index (Phi) is 4.16. The van der Waals surface area contributed by atoms with Crippen LogP contribution in [0.1, 0.15) is 10.4 Å². The Hall–Kier alpha value is -1.47. The molecule has 1 nitrogen and oxygen atoms in total. The average molecular weight is 293 g/mol. The van der Waals surface area contributed by atoms with Gasteiger partial charge in [-0.15, -0.1) is 11.3 Å². The van der Waals surface area contributed by atoms with Crippen molar-refractivity contribution >= 4 is 11.3 Å². The van der Waals surface area contributed by atoms with Gasteiger partial charge >= 0.3 is 0 Å². The summed E-state index contributed by atoms with van der Waals surface area (Å²) in [7, 11) is 0. The fourth-order valence-corrected chi connectivity index (χ4v) is 2.20. The summed E-state index contributed by atoms with van der Waals surface area (Å²) in [5.74, 6) is -9.58. The Morgan fingerprint density at radius 2 is 1.42 bits per heavy atom. The lowest BCUT2D eigenvalue weighted by Crippen LogP contribution is -2.17. The van der Waals surface area contributed by atoms with Crippen LogP contribution in [0, 0.1) is 29.1 Å². The molecule has 0 aliphatic rings. The third kappa shape index (κ3) is 2.76. The van der Waals surface area contributed by atoms with E-state index in [1.807, 2.05) is 5.38 Å². The quantitative estimate of drug-likeness (QED) is 0.514. The summed E-state index contributed by atoms with van der Waals surface area (Å²) in [5.41, 5.74) is -0.854. The van der Waals surface area contributed by atoms with Crippen LogP contribution in [0.3, 0.4) is 0 Å². The van der Waals surface area contributed by atoms with E-state index in [-0.39, 0.29) is 6.54 Å². The molecule has 7 heteroatoms. The van der Waals surface area contributed by atoms with Gasteiger partial charge in [-0.3, -0.25) is 0 Å². The Bertz CT molecular complexity index is 553. The monoisotopic (exact) mass is 293 g/mol. The van der Waals surface area contributed by atoms with E-state index in [1.165, 1.54) is 11.3 Å². The van der Waals surface area contributed by atoms with Crippen molar-refractivity contribution in [1.29, 1.82) is 0 Å². The summed E-state index contributed by atoms with van der Waals surface area (Å²) in [6.45, 7) is -0.152.